The maximum atomic E-state index is 5.98. The second kappa shape index (κ2) is 2.98. The number of nitrogens with two attached hydrogens (primary N) is 1. The number of aromatic nitrogens is 2. The van der Waals surface area contributed by atoms with Crippen LogP contribution in [0.3, 0.4) is 0 Å². The van der Waals surface area contributed by atoms with E-state index >= 15 is 0 Å². The quantitative estimate of drug-likeness (QED) is 0.732. The average Bonchev–Trinajstić information content (AvgIpc) is 2.54. The third-order valence-corrected chi connectivity index (χ3v) is 3.12. The van der Waals surface area contributed by atoms with Crippen molar-refractivity contribution < 1.29 is 0 Å². The van der Waals surface area contributed by atoms with E-state index in [0.717, 1.165) is 18.1 Å². The van der Waals surface area contributed by atoms with Gasteiger partial charge >= 0.3 is 0 Å². The largest absolute Gasteiger partial charge is 0.384 e. The van der Waals surface area contributed by atoms with Crippen molar-refractivity contribution in [2.45, 2.75) is 39.4 Å². The fourth-order valence-corrected chi connectivity index (χ4v) is 2.29. The van der Waals surface area contributed by atoms with Crippen LogP contribution in [0.1, 0.15) is 38.1 Å². The molecule has 2 N–H and O–H groups in total. The number of nitrogens with zero attached hydrogens (tertiary/aromatic N) is 3. The van der Waals surface area contributed by atoms with Gasteiger partial charge in [-0.2, -0.15) is 5.10 Å². The zero-order chi connectivity index (χ0) is 10.5. The second-order valence-electron chi connectivity index (χ2n) is 4.31. The van der Waals surface area contributed by atoms with E-state index in [-0.39, 0.29) is 0 Å². The van der Waals surface area contributed by atoms with Crippen molar-refractivity contribution in [3.05, 3.63) is 11.3 Å². The van der Waals surface area contributed by atoms with Gasteiger partial charge in [-0.25, -0.2) is 0 Å². The Morgan fingerprint density at radius 3 is 2.64 bits per heavy atom. The Morgan fingerprint density at radius 1 is 1.50 bits per heavy atom. The van der Waals surface area contributed by atoms with Gasteiger partial charge in [-0.15, -0.1) is 0 Å². The van der Waals surface area contributed by atoms with Crippen LogP contribution >= 0.6 is 0 Å². The highest BCUT2D eigenvalue weighted by molar-refractivity contribution is 5.47. The first-order chi connectivity index (χ1) is 6.52. The first-order valence-electron chi connectivity index (χ1n) is 5.09. The number of hydrogen-bond donors (Lipinski definition) is 1. The Labute approximate surface area is 84.7 Å². The minimum absolute atomic E-state index is 0.402. The maximum Gasteiger partial charge on any atom is 0.126 e. The van der Waals surface area contributed by atoms with E-state index in [0.29, 0.717) is 12.1 Å². The minimum Gasteiger partial charge on any atom is -0.384 e. The summed E-state index contributed by atoms with van der Waals surface area (Å²) >= 11 is 0. The first kappa shape index (κ1) is 9.52. The highest BCUT2D eigenvalue weighted by atomic mass is 15.3. The van der Waals surface area contributed by atoms with Crippen molar-refractivity contribution in [1.29, 1.82) is 0 Å². The van der Waals surface area contributed by atoms with Gasteiger partial charge in [0, 0.05) is 31.2 Å². The molecule has 14 heavy (non-hydrogen) atoms. The SMILES string of the molecule is CC(C)N1Cc2nn(C)c(N)c2C1C. The Kier molecular flexibility index (Phi) is 2.03. The molecule has 1 aliphatic rings. The van der Waals surface area contributed by atoms with Crippen molar-refractivity contribution in [1.82, 2.24) is 14.7 Å². The van der Waals surface area contributed by atoms with Crippen LogP contribution < -0.4 is 5.73 Å². The molecule has 0 radical (unpaired) electrons. The molecule has 0 bridgehead atoms. The molecule has 0 fully saturated rings. The van der Waals surface area contributed by atoms with Gasteiger partial charge in [0.15, 0.2) is 0 Å². The molecule has 0 aromatic carbocycles. The van der Waals surface area contributed by atoms with Crippen LogP contribution in [0.5, 0.6) is 0 Å². The summed E-state index contributed by atoms with van der Waals surface area (Å²) in [6.45, 7) is 7.54. The van der Waals surface area contributed by atoms with Gasteiger partial charge in [0.1, 0.15) is 5.82 Å². The Balaban J connectivity index is 2.39. The van der Waals surface area contributed by atoms with Gasteiger partial charge in [-0.3, -0.25) is 9.58 Å². The lowest BCUT2D eigenvalue weighted by Crippen LogP contribution is -2.28. The summed E-state index contributed by atoms with van der Waals surface area (Å²) in [4.78, 5) is 2.41. The maximum absolute atomic E-state index is 5.98. The summed E-state index contributed by atoms with van der Waals surface area (Å²) in [6.07, 6.45) is 0. The van der Waals surface area contributed by atoms with Crippen molar-refractivity contribution in [2.24, 2.45) is 7.05 Å². The monoisotopic (exact) mass is 194 g/mol. The molecule has 4 nitrogen and oxygen atoms in total. The fourth-order valence-electron chi connectivity index (χ4n) is 2.29. The number of nitrogen functional groups attached to an aromatic ring is 1. The highest BCUT2D eigenvalue weighted by Crippen LogP contribution is 2.37. The number of rotatable bonds is 1. The Bertz CT molecular complexity index is 353. The van der Waals surface area contributed by atoms with Crippen LogP contribution in [0.15, 0.2) is 0 Å². The van der Waals surface area contributed by atoms with Crippen LogP contribution in [-0.4, -0.2) is 20.7 Å². The number of fused-ring (bicyclic) bond motifs is 1. The van der Waals surface area contributed by atoms with Crippen molar-refractivity contribution in [3.8, 4) is 0 Å². The number of aryl methyl sites for hydroxylation is 1. The number of anilines is 1. The van der Waals surface area contributed by atoms with Crippen molar-refractivity contribution in [3.63, 3.8) is 0 Å². The standard InChI is InChI=1S/C10H18N4/c1-6(2)14-5-8-9(7(14)3)10(11)13(4)12-8/h6-7H,5,11H2,1-4H3. The van der Waals surface area contributed by atoms with E-state index in [1.807, 2.05) is 7.05 Å². The molecular formula is C10H18N4. The predicted molar refractivity (Wildman–Crippen MR) is 56.7 cm³/mol. The topological polar surface area (TPSA) is 47.1 Å². The molecule has 0 spiro atoms. The summed E-state index contributed by atoms with van der Waals surface area (Å²) in [5, 5.41) is 4.42. The van der Waals surface area contributed by atoms with Crippen LogP contribution in [0, 0.1) is 0 Å². The molecule has 2 rings (SSSR count). The van der Waals surface area contributed by atoms with Gasteiger partial charge in [0.05, 0.1) is 5.69 Å². The lowest BCUT2D eigenvalue weighted by Gasteiger charge is -2.26. The molecule has 1 aromatic rings. The van der Waals surface area contributed by atoms with E-state index in [9.17, 15) is 0 Å². The zero-order valence-electron chi connectivity index (χ0n) is 9.28. The third kappa shape index (κ3) is 1.14. The summed E-state index contributed by atoms with van der Waals surface area (Å²) in [5.41, 5.74) is 8.35. The van der Waals surface area contributed by atoms with Crippen LogP contribution in [-0.2, 0) is 13.6 Å². The van der Waals surface area contributed by atoms with Crippen LogP contribution in [0.25, 0.3) is 0 Å². The molecule has 0 saturated carbocycles. The van der Waals surface area contributed by atoms with E-state index in [1.165, 1.54) is 5.56 Å². The van der Waals surface area contributed by atoms with Gasteiger partial charge in [-0.05, 0) is 20.8 Å². The molecule has 1 aromatic heterocycles. The molecule has 78 valence electrons. The Morgan fingerprint density at radius 2 is 2.14 bits per heavy atom. The van der Waals surface area contributed by atoms with E-state index in [2.05, 4.69) is 30.8 Å². The highest BCUT2D eigenvalue weighted by Gasteiger charge is 2.33. The van der Waals surface area contributed by atoms with Crippen molar-refractivity contribution >= 4 is 5.82 Å². The summed E-state index contributed by atoms with van der Waals surface area (Å²) in [5.74, 6) is 0.815. The summed E-state index contributed by atoms with van der Waals surface area (Å²) in [6, 6.07) is 0.947. The molecule has 1 aliphatic heterocycles. The lowest BCUT2D eigenvalue weighted by molar-refractivity contribution is 0.177. The summed E-state index contributed by atoms with van der Waals surface area (Å²) in [7, 11) is 1.90. The molecule has 1 unspecified atom stereocenters. The van der Waals surface area contributed by atoms with E-state index in [4.69, 9.17) is 5.73 Å². The molecular weight excluding hydrogens is 176 g/mol. The normalized spacial score (nSPS) is 21.9. The van der Waals surface area contributed by atoms with Gasteiger partial charge < -0.3 is 5.73 Å². The van der Waals surface area contributed by atoms with Crippen LogP contribution in [0.4, 0.5) is 5.82 Å². The molecule has 4 heteroatoms. The van der Waals surface area contributed by atoms with E-state index in [1.54, 1.807) is 4.68 Å². The molecule has 1 atom stereocenters. The number of hydrogen-bond acceptors (Lipinski definition) is 3. The van der Waals surface area contributed by atoms with E-state index < -0.39 is 0 Å². The Hall–Kier alpha value is -1.03. The first-order valence-corrected chi connectivity index (χ1v) is 5.09. The van der Waals surface area contributed by atoms with Crippen molar-refractivity contribution in [2.75, 3.05) is 5.73 Å². The fraction of sp³-hybridized carbons (Fsp3) is 0.700. The molecule has 0 aliphatic carbocycles. The smallest absolute Gasteiger partial charge is 0.126 e. The lowest BCUT2D eigenvalue weighted by atomic mass is 10.1. The van der Waals surface area contributed by atoms with Gasteiger partial charge in [0.25, 0.3) is 0 Å². The minimum atomic E-state index is 0.402. The molecule has 0 saturated heterocycles. The molecule has 2 heterocycles. The zero-order valence-corrected chi connectivity index (χ0v) is 9.28. The molecule has 0 amide bonds. The average molecular weight is 194 g/mol. The van der Waals surface area contributed by atoms with Crippen LogP contribution in [0.2, 0.25) is 0 Å². The van der Waals surface area contributed by atoms with Gasteiger partial charge in [-0.1, -0.05) is 0 Å². The second-order valence-corrected chi connectivity index (χ2v) is 4.31. The third-order valence-electron chi connectivity index (χ3n) is 3.12. The summed E-state index contributed by atoms with van der Waals surface area (Å²) < 4.78 is 1.78. The predicted octanol–water partition coefficient (Wildman–Crippen LogP) is 1.29. The van der Waals surface area contributed by atoms with Gasteiger partial charge in [0.2, 0.25) is 0 Å².